The number of fused-ring (bicyclic) bond motifs is 1. The predicted octanol–water partition coefficient (Wildman–Crippen LogP) is 0.593. The Balaban J connectivity index is 2.16. The Hall–Kier alpha value is -2.64. The van der Waals surface area contributed by atoms with E-state index in [1.165, 1.54) is 10.9 Å². The first kappa shape index (κ1) is 14.3. The topological polar surface area (TPSA) is 87.9 Å². The van der Waals surface area contributed by atoms with Crippen LogP contribution >= 0.6 is 0 Å². The lowest BCUT2D eigenvalue weighted by molar-refractivity contribution is 0.365. The van der Waals surface area contributed by atoms with Crippen molar-refractivity contribution in [3.8, 4) is 0 Å². The van der Waals surface area contributed by atoms with Gasteiger partial charge in [0.15, 0.2) is 16.9 Å². The molecule has 0 radical (unpaired) electrons. The van der Waals surface area contributed by atoms with Crippen molar-refractivity contribution in [3.63, 3.8) is 0 Å². The number of hydrogen-bond donors (Lipinski definition) is 0. The first-order valence-electron chi connectivity index (χ1n) is 6.96. The molecule has 0 unspecified atom stereocenters. The van der Waals surface area contributed by atoms with E-state index < -0.39 is 5.69 Å². The van der Waals surface area contributed by atoms with Crippen LogP contribution in [0.5, 0.6) is 0 Å². The average molecular weight is 303 g/mol. The second kappa shape index (κ2) is 4.97. The van der Waals surface area contributed by atoms with Gasteiger partial charge in [0, 0.05) is 20.2 Å². The third kappa shape index (κ3) is 2.07. The van der Waals surface area contributed by atoms with E-state index in [4.69, 9.17) is 4.52 Å². The maximum Gasteiger partial charge on any atom is 0.332 e. The standard InChI is InChI=1S/C14H17N5O3/c1-8(2)10-5-9(22-16-10)6-19-13(20)11-12(15-7-17(11)3)18(4)14(19)21/h5,7-8H,6H2,1-4H3. The molecule has 0 spiro atoms. The van der Waals surface area contributed by atoms with E-state index in [1.807, 2.05) is 13.8 Å². The van der Waals surface area contributed by atoms with Gasteiger partial charge in [0.05, 0.1) is 18.6 Å². The fourth-order valence-electron chi connectivity index (χ4n) is 2.37. The normalized spacial score (nSPS) is 11.7. The molecule has 0 N–H and O–H groups in total. The van der Waals surface area contributed by atoms with Crippen LogP contribution in [0.4, 0.5) is 0 Å². The summed E-state index contributed by atoms with van der Waals surface area (Å²) in [6, 6.07) is 1.77. The Kier molecular flexibility index (Phi) is 3.23. The van der Waals surface area contributed by atoms with Gasteiger partial charge < -0.3 is 9.09 Å². The summed E-state index contributed by atoms with van der Waals surface area (Å²) < 4.78 is 9.32. The summed E-state index contributed by atoms with van der Waals surface area (Å²) in [6.07, 6.45) is 1.52. The summed E-state index contributed by atoms with van der Waals surface area (Å²) in [5.74, 6) is 0.695. The second-order valence-corrected chi connectivity index (χ2v) is 5.63. The highest BCUT2D eigenvalue weighted by Gasteiger charge is 2.17. The van der Waals surface area contributed by atoms with Crippen LogP contribution in [0.3, 0.4) is 0 Å². The molecular formula is C14H17N5O3. The van der Waals surface area contributed by atoms with Crippen LogP contribution in [-0.4, -0.2) is 23.8 Å². The summed E-state index contributed by atoms with van der Waals surface area (Å²) in [7, 11) is 3.31. The maximum absolute atomic E-state index is 12.6. The number of rotatable bonds is 3. The van der Waals surface area contributed by atoms with Gasteiger partial charge in [0.1, 0.15) is 0 Å². The predicted molar refractivity (Wildman–Crippen MR) is 79.9 cm³/mol. The number of aryl methyl sites for hydroxylation is 2. The minimum absolute atomic E-state index is 0.0480. The Morgan fingerprint density at radius 2 is 2.00 bits per heavy atom. The Bertz CT molecular complexity index is 957. The molecule has 0 bridgehead atoms. The van der Waals surface area contributed by atoms with Crippen molar-refractivity contribution in [1.29, 1.82) is 0 Å². The fourth-order valence-corrected chi connectivity index (χ4v) is 2.37. The first-order valence-corrected chi connectivity index (χ1v) is 6.96. The SMILES string of the molecule is CC(C)c1cc(Cn2c(=O)c3c(ncn3C)n(C)c2=O)on1. The molecule has 0 saturated carbocycles. The largest absolute Gasteiger partial charge is 0.359 e. The van der Waals surface area contributed by atoms with E-state index >= 15 is 0 Å². The molecule has 3 aromatic heterocycles. The lowest BCUT2D eigenvalue weighted by Crippen LogP contribution is -2.39. The van der Waals surface area contributed by atoms with Gasteiger partial charge in [-0.2, -0.15) is 0 Å². The summed E-state index contributed by atoms with van der Waals surface area (Å²) in [4.78, 5) is 29.0. The van der Waals surface area contributed by atoms with E-state index in [0.717, 1.165) is 10.3 Å². The van der Waals surface area contributed by atoms with Crippen molar-refractivity contribution >= 4 is 11.2 Å². The molecule has 0 amide bonds. The van der Waals surface area contributed by atoms with Gasteiger partial charge in [0.25, 0.3) is 5.56 Å². The Morgan fingerprint density at radius 1 is 1.27 bits per heavy atom. The smallest absolute Gasteiger partial charge is 0.332 e. The zero-order valence-electron chi connectivity index (χ0n) is 12.9. The van der Waals surface area contributed by atoms with Gasteiger partial charge >= 0.3 is 5.69 Å². The summed E-state index contributed by atoms with van der Waals surface area (Å²) >= 11 is 0. The average Bonchev–Trinajstić information content (AvgIpc) is 3.08. The molecule has 3 rings (SSSR count). The number of aromatic nitrogens is 5. The molecule has 3 heterocycles. The van der Waals surface area contributed by atoms with Crippen LogP contribution in [0, 0.1) is 0 Å². The summed E-state index contributed by atoms with van der Waals surface area (Å²) in [5, 5.41) is 3.95. The lowest BCUT2D eigenvalue weighted by atomic mass is 10.1. The van der Waals surface area contributed by atoms with Crippen molar-refractivity contribution in [3.05, 3.63) is 44.7 Å². The van der Waals surface area contributed by atoms with Gasteiger partial charge in [0.2, 0.25) is 0 Å². The molecule has 3 aromatic rings. The molecular weight excluding hydrogens is 286 g/mol. The van der Waals surface area contributed by atoms with Gasteiger partial charge in [-0.1, -0.05) is 19.0 Å². The van der Waals surface area contributed by atoms with Crippen molar-refractivity contribution < 1.29 is 4.52 Å². The van der Waals surface area contributed by atoms with Gasteiger partial charge in [-0.25, -0.2) is 9.78 Å². The van der Waals surface area contributed by atoms with Crippen LogP contribution in [0.2, 0.25) is 0 Å². The van der Waals surface area contributed by atoms with Crippen molar-refractivity contribution in [1.82, 2.24) is 23.8 Å². The van der Waals surface area contributed by atoms with Crippen molar-refractivity contribution in [2.75, 3.05) is 0 Å². The Labute approximate surface area is 125 Å². The quantitative estimate of drug-likeness (QED) is 0.707. The highest BCUT2D eigenvalue weighted by molar-refractivity contribution is 5.69. The summed E-state index contributed by atoms with van der Waals surface area (Å²) in [5.41, 5.74) is 0.723. The molecule has 8 nitrogen and oxygen atoms in total. The van der Waals surface area contributed by atoms with Crippen LogP contribution in [0.1, 0.15) is 31.2 Å². The van der Waals surface area contributed by atoms with E-state index in [2.05, 4.69) is 10.1 Å². The number of imidazole rings is 1. The monoisotopic (exact) mass is 303 g/mol. The highest BCUT2D eigenvalue weighted by atomic mass is 16.5. The lowest BCUT2D eigenvalue weighted by Gasteiger charge is -2.06. The minimum Gasteiger partial charge on any atom is -0.359 e. The highest BCUT2D eigenvalue weighted by Crippen LogP contribution is 2.14. The van der Waals surface area contributed by atoms with Gasteiger partial charge in [-0.15, -0.1) is 0 Å². The molecule has 0 atom stereocenters. The molecule has 8 heteroatoms. The van der Waals surface area contributed by atoms with Crippen molar-refractivity contribution in [2.24, 2.45) is 14.1 Å². The zero-order chi connectivity index (χ0) is 16.0. The van der Waals surface area contributed by atoms with Gasteiger partial charge in [-0.05, 0) is 5.92 Å². The van der Waals surface area contributed by atoms with E-state index in [0.29, 0.717) is 16.9 Å². The fraction of sp³-hybridized carbons (Fsp3) is 0.429. The van der Waals surface area contributed by atoms with E-state index in [-0.39, 0.29) is 18.0 Å². The molecule has 0 aliphatic heterocycles. The zero-order valence-corrected chi connectivity index (χ0v) is 12.9. The molecule has 0 saturated heterocycles. The first-order chi connectivity index (χ1) is 10.4. The van der Waals surface area contributed by atoms with Crippen LogP contribution in [0.25, 0.3) is 11.2 Å². The molecule has 0 aliphatic rings. The maximum atomic E-state index is 12.6. The third-order valence-corrected chi connectivity index (χ3v) is 3.68. The van der Waals surface area contributed by atoms with Gasteiger partial charge in [-0.3, -0.25) is 13.9 Å². The third-order valence-electron chi connectivity index (χ3n) is 3.68. The van der Waals surface area contributed by atoms with Crippen LogP contribution in [0.15, 0.2) is 26.5 Å². The van der Waals surface area contributed by atoms with Crippen molar-refractivity contribution in [2.45, 2.75) is 26.3 Å². The summed E-state index contributed by atoms with van der Waals surface area (Å²) in [6.45, 7) is 4.04. The molecule has 0 aromatic carbocycles. The minimum atomic E-state index is -0.432. The number of hydrogen-bond acceptors (Lipinski definition) is 5. The van der Waals surface area contributed by atoms with Crippen LogP contribution < -0.4 is 11.2 Å². The van der Waals surface area contributed by atoms with Crippen LogP contribution in [-0.2, 0) is 20.6 Å². The molecule has 22 heavy (non-hydrogen) atoms. The molecule has 0 aliphatic carbocycles. The van der Waals surface area contributed by atoms with E-state index in [9.17, 15) is 9.59 Å². The second-order valence-electron chi connectivity index (χ2n) is 5.63. The number of nitrogens with zero attached hydrogens (tertiary/aromatic N) is 5. The molecule has 116 valence electrons. The van der Waals surface area contributed by atoms with E-state index in [1.54, 1.807) is 24.7 Å². The molecule has 0 fully saturated rings. The Morgan fingerprint density at radius 3 is 2.64 bits per heavy atom.